The van der Waals surface area contributed by atoms with E-state index in [4.69, 9.17) is 5.11 Å². The lowest BCUT2D eigenvalue weighted by molar-refractivity contribution is -0.384. The zero-order valence-corrected chi connectivity index (χ0v) is 7.71. The SMILES string of the molecule is O=C(O)CCNc1ccncc1[N+](=O)[O-]. The van der Waals surface area contributed by atoms with Gasteiger partial charge in [-0.25, -0.2) is 0 Å². The summed E-state index contributed by atoms with van der Waals surface area (Å²) in [5.41, 5.74) is 0.110. The van der Waals surface area contributed by atoms with Gasteiger partial charge in [0.2, 0.25) is 0 Å². The molecule has 0 saturated heterocycles. The van der Waals surface area contributed by atoms with Crippen LogP contribution in [0, 0.1) is 10.1 Å². The number of carboxylic acid groups (broad SMARTS) is 1. The predicted molar refractivity (Wildman–Crippen MR) is 51.6 cm³/mol. The van der Waals surface area contributed by atoms with E-state index in [2.05, 4.69) is 10.3 Å². The third kappa shape index (κ3) is 3.22. The second-order valence-corrected chi connectivity index (χ2v) is 2.72. The van der Waals surface area contributed by atoms with Crippen LogP contribution in [0.1, 0.15) is 6.42 Å². The van der Waals surface area contributed by atoms with Crippen LogP contribution >= 0.6 is 0 Å². The Hall–Kier alpha value is -2.18. The number of pyridine rings is 1. The van der Waals surface area contributed by atoms with E-state index < -0.39 is 10.9 Å². The highest BCUT2D eigenvalue weighted by Crippen LogP contribution is 2.21. The number of anilines is 1. The lowest BCUT2D eigenvalue weighted by Crippen LogP contribution is -2.08. The standard InChI is InChI=1S/C8H9N3O4/c12-8(13)2-4-10-6-1-3-9-5-7(6)11(14)15/h1,3,5H,2,4H2,(H,9,10)(H,12,13). The van der Waals surface area contributed by atoms with Crippen molar-refractivity contribution in [3.05, 3.63) is 28.6 Å². The quantitative estimate of drug-likeness (QED) is 0.553. The van der Waals surface area contributed by atoms with Crippen molar-refractivity contribution in [3.8, 4) is 0 Å². The number of hydrogen-bond donors (Lipinski definition) is 2. The van der Waals surface area contributed by atoms with Crippen LogP contribution in [0.3, 0.4) is 0 Å². The van der Waals surface area contributed by atoms with Crippen LogP contribution in [0.15, 0.2) is 18.5 Å². The summed E-state index contributed by atoms with van der Waals surface area (Å²) in [6, 6.07) is 1.43. The average Bonchev–Trinajstić information content (AvgIpc) is 2.17. The summed E-state index contributed by atoms with van der Waals surface area (Å²) >= 11 is 0. The molecule has 0 aromatic carbocycles. The molecule has 0 fully saturated rings. The summed E-state index contributed by atoms with van der Waals surface area (Å²) in [4.78, 5) is 23.8. The molecule has 80 valence electrons. The number of carbonyl (C=O) groups is 1. The van der Waals surface area contributed by atoms with Crippen LogP contribution < -0.4 is 5.32 Å². The summed E-state index contributed by atoms with van der Waals surface area (Å²) in [5.74, 6) is -0.959. The van der Waals surface area contributed by atoms with E-state index in [1.54, 1.807) is 0 Å². The second kappa shape index (κ2) is 4.89. The monoisotopic (exact) mass is 211 g/mol. The molecule has 7 heteroatoms. The summed E-state index contributed by atoms with van der Waals surface area (Å²) in [5, 5.41) is 21.6. The van der Waals surface area contributed by atoms with Crippen LogP contribution in [0.2, 0.25) is 0 Å². The van der Waals surface area contributed by atoms with Gasteiger partial charge in [-0.05, 0) is 6.07 Å². The molecule has 0 bridgehead atoms. The molecule has 2 N–H and O–H groups in total. The van der Waals surface area contributed by atoms with Crippen molar-refractivity contribution in [3.63, 3.8) is 0 Å². The van der Waals surface area contributed by atoms with E-state index in [-0.39, 0.29) is 24.3 Å². The lowest BCUT2D eigenvalue weighted by atomic mass is 10.3. The maximum atomic E-state index is 10.5. The molecule has 1 heterocycles. The molecular weight excluding hydrogens is 202 g/mol. The van der Waals surface area contributed by atoms with Gasteiger partial charge < -0.3 is 10.4 Å². The van der Waals surface area contributed by atoms with Gasteiger partial charge in [0.1, 0.15) is 11.9 Å². The van der Waals surface area contributed by atoms with Crippen molar-refractivity contribution in [2.24, 2.45) is 0 Å². The Kier molecular flexibility index (Phi) is 3.55. The number of aromatic nitrogens is 1. The Bertz CT molecular complexity index is 380. The van der Waals surface area contributed by atoms with Gasteiger partial charge >= 0.3 is 11.7 Å². The fourth-order valence-corrected chi connectivity index (χ4v) is 0.985. The smallest absolute Gasteiger partial charge is 0.310 e. The van der Waals surface area contributed by atoms with E-state index in [1.165, 1.54) is 12.3 Å². The molecule has 1 rings (SSSR count). The highest BCUT2D eigenvalue weighted by molar-refractivity contribution is 5.68. The molecule has 0 aliphatic carbocycles. The fourth-order valence-electron chi connectivity index (χ4n) is 0.985. The molecule has 0 radical (unpaired) electrons. The van der Waals surface area contributed by atoms with Gasteiger partial charge in [-0.3, -0.25) is 19.9 Å². The van der Waals surface area contributed by atoms with Gasteiger partial charge in [0, 0.05) is 12.7 Å². The van der Waals surface area contributed by atoms with E-state index in [0.717, 1.165) is 6.20 Å². The maximum absolute atomic E-state index is 10.5. The fraction of sp³-hybridized carbons (Fsp3) is 0.250. The maximum Gasteiger partial charge on any atom is 0.310 e. The number of rotatable bonds is 5. The topological polar surface area (TPSA) is 105 Å². The Labute approximate surface area is 84.9 Å². The average molecular weight is 211 g/mol. The number of aliphatic carboxylic acids is 1. The number of nitro groups is 1. The normalized spacial score (nSPS) is 9.60. The van der Waals surface area contributed by atoms with Crippen molar-refractivity contribution < 1.29 is 14.8 Å². The van der Waals surface area contributed by atoms with Crippen LogP contribution in [-0.2, 0) is 4.79 Å². The molecule has 15 heavy (non-hydrogen) atoms. The van der Waals surface area contributed by atoms with Crippen molar-refractivity contribution in [2.45, 2.75) is 6.42 Å². The van der Waals surface area contributed by atoms with Gasteiger partial charge in [0.25, 0.3) is 0 Å². The zero-order chi connectivity index (χ0) is 11.3. The van der Waals surface area contributed by atoms with Crippen LogP contribution in [0.4, 0.5) is 11.4 Å². The second-order valence-electron chi connectivity index (χ2n) is 2.72. The van der Waals surface area contributed by atoms with Gasteiger partial charge in [-0.1, -0.05) is 0 Å². The summed E-state index contributed by atoms with van der Waals surface area (Å²) in [6.07, 6.45) is 2.42. The first-order valence-electron chi connectivity index (χ1n) is 4.15. The molecule has 1 aromatic rings. The third-order valence-electron chi connectivity index (χ3n) is 1.65. The van der Waals surface area contributed by atoms with Crippen molar-refractivity contribution >= 4 is 17.3 Å². The minimum absolute atomic E-state index is 0.0977. The number of nitrogens with zero attached hydrogens (tertiary/aromatic N) is 2. The van der Waals surface area contributed by atoms with Gasteiger partial charge in [0.05, 0.1) is 11.3 Å². The number of carboxylic acids is 1. The zero-order valence-electron chi connectivity index (χ0n) is 7.71. The summed E-state index contributed by atoms with van der Waals surface area (Å²) < 4.78 is 0. The molecule has 0 unspecified atom stereocenters. The number of hydrogen-bond acceptors (Lipinski definition) is 5. The first-order valence-corrected chi connectivity index (χ1v) is 4.15. The summed E-state index contributed by atoms with van der Waals surface area (Å²) in [6.45, 7) is 0.139. The van der Waals surface area contributed by atoms with E-state index in [9.17, 15) is 14.9 Å². The van der Waals surface area contributed by atoms with Crippen LogP contribution in [0.5, 0.6) is 0 Å². The molecule has 0 saturated carbocycles. The van der Waals surface area contributed by atoms with E-state index in [1.807, 2.05) is 0 Å². The molecule has 0 aliphatic heterocycles. The highest BCUT2D eigenvalue weighted by Gasteiger charge is 2.12. The van der Waals surface area contributed by atoms with Crippen molar-refractivity contribution in [1.29, 1.82) is 0 Å². The Balaban J connectivity index is 2.67. The van der Waals surface area contributed by atoms with Crippen molar-refractivity contribution in [1.82, 2.24) is 4.98 Å². The Morgan fingerprint density at radius 3 is 3.00 bits per heavy atom. The largest absolute Gasteiger partial charge is 0.481 e. The Morgan fingerprint density at radius 1 is 1.67 bits per heavy atom. The van der Waals surface area contributed by atoms with Crippen LogP contribution in [-0.4, -0.2) is 27.5 Å². The first kappa shape index (κ1) is 10.9. The van der Waals surface area contributed by atoms with Gasteiger partial charge in [-0.15, -0.1) is 0 Å². The predicted octanol–water partition coefficient (Wildman–Crippen LogP) is 0.876. The molecule has 0 aliphatic rings. The number of nitrogens with one attached hydrogen (secondary N) is 1. The minimum atomic E-state index is -0.959. The lowest BCUT2D eigenvalue weighted by Gasteiger charge is -2.04. The van der Waals surface area contributed by atoms with Crippen molar-refractivity contribution in [2.75, 3.05) is 11.9 Å². The molecule has 1 aromatic heterocycles. The molecule has 0 spiro atoms. The first-order chi connectivity index (χ1) is 7.11. The minimum Gasteiger partial charge on any atom is -0.481 e. The molecule has 7 nitrogen and oxygen atoms in total. The van der Waals surface area contributed by atoms with E-state index >= 15 is 0 Å². The van der Waals surface area contributed by atoms with E-state index in [0.29, 0.717) is 0 Å². The van der Waals surface area contributed by atoms with Gasteiger partial charge in [-0.2, -0.15) is 0 Å². The Morgan fingerprint density at radius 2 is 2.40 bits per heavy atom. The highest BCUT2D eigenvalue weighted by atomic mass is 16.6. The molecule has 0 amide bonds. The summed E-state index contributed by atoms with van der Waals surface area (Å²) in [7, 11) is 0. The van der Waals surface area contributed by atoms with Crippen LogP contribution in [0.25, 0.3) is 0 Å². The molecular formula is C8H9N3O4. The third-order valence-corrected chi connectivity index (χ3v) is 1.65. The molecule has 0 atom stereocenters. The van der Waals surface area contributed by atoms with Gasteiger partial charge in [0.15, 0.2) is 0 Å².